The number of anilines is 1. The summed E-state index contributed by atoms with van der Waals surface area (Å²) in [7, 11) is 3.40. The van der Waals surface area contributed by atoms with E-state index < -0.39 is 0 Å². The lowest BCUT2D eigenvalue weighted by Gasteiger charge is -2.20. The van der Waals surface area contributed by atoms with E-state index in [4.69, 9.17) is 0 Å². The second kappa shape index (κ2) is 5.49. The number of likely N-dealkylation sites (N-methyl/N-ethyl adjacent to an activating group) is 1. The van der Waals surface area contributed by atoms with Gasteiger partial charge >= 0.3 is 0 Å². The first kappa shape index (κ1) is 14.0. The van der Waals surface area contributed by atoms with Crippen LogP contribution in [0.4, 0.5) is 10.1 Å². The highest BCUT2D eigenvalue weighted by Gasteiger charge is 2.16. The van der Waals surface area contributed by atoms with E-state index >= 15 is 0 Å². The summed E-state index contributed by atoms with van der Waals surface area (Å²) in [5, 5.41) is 3.07. The lowest BCUT2D eigenvalue weighted by molar-refractivity contribution is -0.129. The van der Waals surface area contributed by atoms with Gasteiger partial charge in [0.2, 0.25) is 5.91 Å². The van der Waals surface area contributed by atoms with E-state index in [1.807, 2.05) is 0 Å². The van der Waals surface area contributed by atoms with E-state index in [0.717, 1.165) is 11.3 Å². The molecular formula is C12H16BrFN2O. The Labute approximate surface area is 109 Å². The molecule has 0 fully saturated rings. The zero-order chi connectivity index (χ0) is 13.2. The molecule has 1 aromatic rings. The quantitative estimate of drug-likeness (QED) is 0.931. The fourth-order valence-electron chi connectivity index (χ4n) is 1.48. The number of amides is 1. The van der Waals surface area contributed by atoms with Crippen LogP contribution in [0.15, 0.2) is 16.6 Å². The summed E-state index contributed by atoms with van der Waals surface area (Å²) >= 11 is 3.13. The standard InChI is InChI=1S/C12H16BrFN2O/c1-7-5-10(14)9(13)6-11(7)15-8(2)12(17)16(3)4/h5-6,8,15H,1-4H3. The van der Waals surface area contributed by atoms with Crippen LogP contribution in [0.5, 0.6) is 0 Å². The smallest absolute Gasteiger partial charge is 0.244 e. The summed E-state index contributed by atoms with van der Waals surface area (Å²) < 4.78 is 13.6. The number of hydrogen-bond acceptors (Lipinski definition) is 2. The van der Waals surface area contributed by atoms with E-state index in [2.05, 4.69) is 21.2 Å². The Morgan fingerprint density at radius 2 is 2.06 bits per heavy atom. The number of carbonyl (C=O) groups excluding carboxylic acids is 1. The van der Waals surface area contributed by atoms with Crippen molar-refractivity contribution in [3.05, 3.63) is 28.0 Å². The van der Waals surface area contributed by atoms with Crippen molar-refractivity contribution >= 4 is 27.5 Å². The van der Waals surface area contributed by atoms with Gasteiger partial charge in [0.15, 0.2) is 0 Å². The van der Waals surface area contributed by atoms with Crippen molar-refractivity contribution in [3.63, 3.8) is 0 Å². The summed E-state index contributed by atoms with van der Waals surface area (Å²) in [6, 6.07) is 2.73. The number of aryl methyl sites for hydroxylation is 1. The van der Waals surface area contributed by atoms with Gasteiger partial charge in [-0.2, -0.15) is 0 Å². The largest absolute Gasteiger partial charge is 0.374 e. The Morgan fingerprint density at radius 3 is 2.59 bits per heavy atom. The number of nitrogens with one attached hydrogen (secondary N) is 1. The molecule has 1 rings (SSSR count). The van der Waals surface area contributed by atoms with Gasteiger partial charge in [0, 0.05) is 19.8 Å². The second-order valence-corrected chi connectivity index (χ2v) is 5.03. The molecule has 0 aliphatic heterocycles. The van der Waals surface area contributed by atoms with E-state index in [9.17, 15) is 9.18 Å². The van der Waals surface area contributed by atoms with Crippen molar-refractivity contribution in [3.8, 4) is 0 Å². The molecule has 17 heavy (non-hydrogen) atoms. The van der Waals surface area contributed by atoms with Crippen LogP contribution in [0.1, 0.15) is 12.5 Å². The maximum absolute atomic E-state index is 13.2. The fourth-order valence-corrected chi connectivity index (χ4v) is 1.83. The third kappa shape index (κ3) is 3.43. The number of benzene rings is 1. The molecule has 1 amide bonds. The Kier molecular flexibility index (Phi) is 4.51. The van der Waals surface area contributed by atoms with Crippen LogP contribution in [-0.2, 0) is 4.79 Å². The lowest BCUT2D eigenvalue weighted by atomic mass is 10.1. The molecule has 0 bridgehead atoms. The molecule has 0 aliphatic rings. The fraction of sp³-hybridized carbons (Fsp3) is 0.417. The molecule has 5 heteroatoms. The van der Waals surface area contributed by atoms with Crippen molar-refractivity contribution in [2.75, 3.05) is 19.4 Å². The molecule has 1 atom stereocenters. The van der Waals surface area contributed by atoms with E-state index in [0.29, 0.717) is 4.47 Å². The first-order valence-corrected chi connectivity index (χ1v) is 6.05. The molecule has 1 N–H and O–H groups in total. The Balaban J connectivity index is 2.89. The van der Waals surface area contributed by atoms with Gasteiger partial charge in [0.1, 0.15) is 11.9 Å². The first-order chi connectivity index (χ1) is 7.82. The van der Waals surface area contributed by atoms with Crippen LogP contribution in [0, 0.1) is 12.7 Å². The predicted molar refractivity (Wildman–Crippen MR) is 70.6 cm³/mol. The van der Waals surface area contributed by atoms with Gasteiger partial charge in [-0.25, -0.2) is 4.39 Å². The maximum Gasteiger partial charge on any atom is 0.244 e. The molecular weight excluding hydrogens is 287 g/mol. The average Bonchev–Trinajstić information content (AvgIpc) is 2.24. The Morgan fingerprint density at radius 1 is 1.47 bits per heavy atom. The van der Waals surface area contributed by atoms with Gasteiger partial charge in [-0.05, 0) is 47.5 Å². The topological polar surface area (TPSA) is 32.3 Å². The number of carbonyl (C=O) groups is 1. The minimum atomic E-state index is -0.346. The number of rotatable bonds is 3. The zero-order valence-corrected chi connectivity index (χ0v) is 11.9. The van der Waals surface area contributed by atoms with Crippen LogP contribution in [0.25, 0.3) is 0 Å². The Hall–Kier alpha value is -1.10. The monoisotopic (exact) mass is 302 g/mol. The van der Waals surface area contributed by atoms with Crippen LogP contribution < -0.4 is 5.32 Å². The molecule has 0 saturated heterocycles. The van der Waals surface area contributed by atoms with Crippen molar-refractivity contribution in [2.45, 2.75) is 19.9 Å². The van der Waals surface area contributed by atoms with Crippen LogP contribution in [-0.4, -0.2) is 30.9 Å². The number of nitrogens with zero attached hydrogens (tertiary/aromatic N) is 1. The predicted octanol–water partition coefficient (Wildman–Crippen LogP) is 2.79. The summed E-state index contributed by atoms with van der Waals surface area (Å²) in [6.07, 6.45) is 0. The number of halogens is 2. The molecule has 0 heterocycles. The molecule has 0 saturated carbocycles. The molecule has 0 spiro atoms. The normalized spacial score (nSPS) is 12.1. The van der Waals surface area contributed by atoms with E-state index in [1.54, 1.807) is 34.0 Å². The van der Waals surface area contributed by atoms with Gasteiger partial charge in [0.25, 0.3) is 0 Å². The SMILES string of the molecule is Cc1cc(F)c(Br)cc1NC(C)C(=O)N(C)C. The zero-order valence-electron chi connectivity index (χ0n) is 10.3. The molecule has 94 valence electrons. The number of hydrogen-bond donors (Lipinski definition) is 1. The lowest BCUT2D eigenvalue weighted by Crippen LogP contribution is -2.36. The van der Waals surface area contributed by atoms with Crippen LogP contribution in [0.3, 0.4) is 0 Å². The minimum Gasteiger partial charge on any atom is -0.374 e. The van der Waals surface area contributed by atoms with E-state index in [-0.39, 0.29) is 17.8 Å². The van der Waals surface area contributed by atoms with Crippen LogP contribution >= 0.6 is 15.9 Å². The highest BCUT2D eigenvalue weighted by molar-refractivity contribution is 9.10. The molecule has 0 aromatic heterocycles. The third-order valence-electron chi connectivity index (χ3n) is 2.45. The van der Waals surface area contributed by atoms with Gasteiger partial charge in [-0.15, -0.1) is 0 Å². The van der Waals surface area contributed by atoms with Crippen molar-refractivity contribution in [2.24, 2.45) is 0 Å². The van der Waals surface area contributed by atoms with Crippen LogP contribution in [0.2, 0.25) is 0 Å². The molecule has 0 aliphatic carbocycles. The van der Waals surface area contributed by atoms with Gasteiger partial charge in [-0.1, -0.05) is 0 Å². The summed E-state index contributed by atoms with van der Waals surface area (Å²) in [5.41, 5.74) is 1.52. The average molecular weight is 303 g/mol. The summed E-state index contributed by atoms with van der Waals surface area (Å²) in [6.45, 7) is 3.57. The van der Waals surface area contributed by atoms with Gasteiger partial charge in [-0.3, -0.25) is 4.79 Å². The third-order valence-corrected chi connectivity index (χ3v) is 3.06. The van der Waals surface area contributed by atoms with Gasteiger partial charge < -0.3 is 10.2 Å². The highest BCUT2D eigenvalue weighted by Crippen LogP contribution is 2.24. The molecule has 3 nitrogen and oxygen atoms in total. The van der Waals surface area contributed by atoms with E-state index in [1.165, 1.54) is 11.0 Å². The summed E-state index contributed by atoms with van der Waals surface area (Å²) in [4.78, 5) is 13.2. The molecule has 1 aromatic carbocycles. The van der Waals surface area contributed by atoms with Gasteiger partial charge in [0.05, 0.1) is 4.47 Å². The van der Waals surface area contributed by atoms with Crippen molar-refractivity contribution < 1.29 is 9.18 Å². The Bertz CT molecular complexity index is 435. The van der Waals surface area contributed by atoms with Crippen molar-refractivity contribution in [1.82, 2.24) is 4.90 Å². The van der Waals surface area contributed by atoms with Crippen molar-refractivity contribution in [1.29, 1.82) is 0 Å². The highest BCUT2D eigenvalue weighted by atomic mass is 79.9. The molecule has 0 radical (unpaired) electrons. The maximum atomic E-state index is 13.2. The molecule has 1 unspecified atom stereocenters. The second-order valence-electron chi connectivity index (χ2n) is 4.18. The first-order valence-electron chi connectivity index (χ1n) is 5.26. The minimum absolute atomic E-state index is 0.0233. The summed E-state index contributed by atoms with van der Waals surface area (Å²) in [5.74, 6) is -0.329.